The molecule has 0 radical (unpaired) electrons. The van der Waals surface area contributed by atoms with Gasteiger partial charge in [0.25, 0.3) is 10.0 Å². The van der Waals surface area contributed by atoms with E-state index in [1.54, 1.807) is 30.3 Å². The van der Waals surface area contributed by atoms with Crippen LogP contribution in [0, 0.1) is 6.92 Å². The number of rotatable bonds is 6. The summed E-state index contributed by atoms with van der Waals surface area (Å²) >= 11 is 5.46. The van der Waals surface area contributed by atoms with E-state index in [2.05, 4.69) is 10.3 Å². The third-order valence-electron chi connectivity index (χ3n) is 2.00. The maximum absolute atomic E-state index is 11.7. The molecule has 17 heavy (non-hydrogen) atoms. The van der Waals surface area contributed by atoms with Crippen LogP contribution in [0.2, 0.25) is 0 Å². The third-order valence-corrected chi connectivity index (χ3v) is 3.50. The molecule has 0 unspecified atom stereocenters. The Balaban J connectivity index is 2.60. The van der Waals surface area contributed by atoms with Crippen LogP contribution < -0.4 is 10.3 Å². The van der Waals surface area contributed by atoms with Crippen molar-refractivity contribution < 1.29 is 8.42 Å². The molecule has 0 bridgehead atoms. The second kappa shape index (κ2) is 6.64. The van der Waals surface area contributed by atoms with Crippen LogP contribution in [-0.4, -0.2) is 14.3 Å². The van der Waals surface area contributed by atoms with Crippen LogP contribution in [0.25, 0.3) is 0 Å². The number of benzene rings is 1. The van der Waals surface area contributed by atoms with Gasteiger partial charge in [0, 0.05) is 12.1 Å². The zero-order chi connectivity index (χ0) is 12.7. The highest BCUT2D eigenvalue weighted by Crippen LogP contribution is 2.08. The van der Waals surface area contributed by atoms with Gasteiger partial charge in [-0.2, -0.15) is 0 Å². The Morgan fingerprint density at radius 2 is 1.94 bits per heavy atom. The van der Waals surface area contributed by atoms with E-state index in [4.69, 9.17) is 11.6 Å². The minimum Gasteiger partial charge on any atom is -0.315 e. The molecule has 0 aromatic heterocycles. The fourth-order valence-corrected chi connectivity index (χ4v) is 2.05. The lowest BCUT2D eigenvalue weighted by molar-refractivity contribution is 0.574. The molecule has 0 aliphatic rings. The largest absolute Gasteiger partial charge is 0.315 e. The number of halogens is 1. The molecule has 1 aromatic rings. The molecule has 94 valence electrons. The molecule has 0 saturated carbocycles. The Morgan fingerprint density at radius 3 is 2.53 bits per heavy atom. The smallest absolute Gasteiger partial charge is 0.257 e. The summed E-state index contributed by atoms with van der Waals surface area (Å²) in [5.41, 5.74) is 3.51. The van der Waals surface area contributed by atoms with Crippen LogP contribution in [0.3, 0.4) is 0 Å². The second-order valence-electron chi connectivity index (χ2n) is 3.44. The summed E-state index contributed by atoms with van der Waals surface area (Å²) in [6.45, 7) is 1.90. The van der Waals surface area contributed by atoms with Crippen molar-refractivity contribution in [1.29, 1.82) is 0 Å². The first-order valence-corrected chi connectivity index (χ1v) is 7.13. The maximum Gasteiger partial charge on any atom is 0.257 e. The van der Waals surface area contributed by atoms with E-state index in [9.17, 15) is 8.42 Å². The van der Waals surface area contributed by atoms with Gasteiger partial charge in [0.1, 0.15) is 0 Å². The van der Waals surface area contributed by atoms with E-state index < -0.39 is 10.0 Å². The molecule has 0 spiro atoms. The van der Waals surface area contributed by atoms with E-state index in [0.29, 0.717) is 12.3 Å². The Bertz CT molecular complexity index is 469. The van der Waals surface area contributed by atoms with E-state index in [1.165, 1.54) is 6.20 Å². The summed E-state index contributed by atoms with van der Waals surface area (Å²) in [5.74, 6) is 0.503. The zero-order valence-corrected chi connectivity index (χ0v) is 11.1. The van der Waals surface area contributed by atoms with Gasteiger partial charge in [0.05, 0.1) is 4.90 Å². The minimum atomic E-state index is -3.51. The third kappa shape index (κ3) is 4.77. The van der Waals surface area contributed by atoms with Crippen molar-refractivity contribution in [1.82, 2.24) is 10.3 Å². The molecule has 0 atom stereocenters. The maximum atomic E-state index is 11.7. The van der Waals surface area contributed by atoms with Gasteiger partial charge in [-0.3, -0.25) is 0 Å². The Kier molecular flexibility index (Phi) is 5.47. The summed E-state index contributed by atoms with van der Waals surface area (Å²) in [5, 5.41) is 0. The number of allylic oxidation sites excluding steroid dienone is 1. The number of alkyl halides is 1. The summed E-state index contributed by atoms with van der Waals surface area (Å²) in [4.78, 5) is 2.47. The van der Waals surface area contributed by atoms with Crippen molar-refractivity contribution in [2.75, 3.05) is 5.88 Å². The van der Waals surface area contributed by atoms with Gasteiger partial charge in [0.2, 0.25) is 0 Å². The molecule has 0 saturated heterocycles. The highest BCUT2D eigenvalue weighted by molar-refractivity contribution is 7.89. The highest BCUT2D eigenvalue weighted by Gasteiger charge is 2.11. The van der Waals surface area contributed by atoms with Crippen molar-refractivity contribution >= 4 is 21.6 Å². The number of hydrogen-bond donors (Lipinski definition) is 2. The predicted molar refractivity (Wildman–Crippen MR) is 69.1 cm³/mol. The summed E-state index contributed by atoms with van der Waals surface area (Å²) in [6, 6.07) is 6.61. The van der Waals surface area contributed by atoms with Crippen LogP contribution in [0.1, 0.15) is 12.0 Å². The number of aryl methyl sites for hydroxylation is 1. The van der Waals surface area contributed by atoms with Crippen molar-refractivity contribution in [2.45, 2.75) is 18.2 Å². The molecule has 2 N–H and O–H groups in total. The van der Waals surface area contributed by atoms with Gasteiger partial charge in [0.15, 0.2) is 0 Å². The molecule has 1 aromatic carbocycles. The number of nitrogens with one attached hydrogen (secondary N) is 2. The molecular formula is C11H15ClN2O2S. The number of sulfonamides is 1. The van der Waals surface area contributed by atoms with Crippen LogP contribution in [0.5, 0.6) is 0 Å². The molecule has 1 rings (SSSR count). The molecule has 0 amide bonds. The van der Waals surface area contributed by atoms with Gasteiger partial charge in [-0.05, 0) is 25.5 Å². The van der Waals surface area contributed by atoms with E-state index in [0.717, 1.165) is 5.56 Å². The quantitative estimate of drug-likeness (QED) is 0.615. The van der Waals surface area contributed by atoms with E-state index in [-0.39, 0.29) is 4.90 Å². The molecule has 4 nitrogen and oxygen atoms in total. The Labute approximate surface area is 107 Å². The van der Waals surface area contributed by atoms with Crippen molar-refractivity contribution in [2.24, 2.45) is 0 Å². The van der Waals surface area contributed by atoms with Crippen LogP contribution in [-0.2, 0) is 10.0 Å². The molecule has 6 heteroatoms. The highest BCUT2D eigenvalue weighted by atomic mass is 35.5. The first-order valence-electron chi connectivity index (χ1n) is 5.11. The van der Waals surface area contributed by atoms with Gasteiger partial charge in [-0.1, -0.05) is 23.8 Å². The van der Waals surface area contributed by atoms with E-state index >= 15 is 0 Å². The molecular weight excluding hydrogens is 260 g/mol. The SMILES string of the molecule is Cc1ccc(S(=O)(=O)NNC=CCCCl)cc1. The van der Waals surface area contributed by atoms with Crippen LogP contribution >= 0.6 is 11.6 Å². The Morgan fingerprint density at radius 1 is 1.29 bits per heavy atom. The van der Waals surface area contributed by atoms with Gasteiger partial charge in [-0.15, -0.1) is 16.4 Å². The molecule has 0 aliphatic carbocycles. The monoisotopic (exact) mass is 274 g/mol. The van der Waals surface area contributed by atoms with Gasteiger partial charge < -0.3 is 5.43 Å². The van der Waals surface area contributed by atoms with Gasteiger partial charge in [-0.25, -0.2) is 8.42 Å². The summed E-state index contributed by atoms with van der Waals surface area (Å²) in [6.07, 6.45) is 3.93. The van der Waals surface area contributed by atoms with Gasteiger partial charge >= 0.3 is 0 Å². The van der Waals surface area contributed by atoms with Crippen molar-refractivity contribution in [3.8, 4) is 0 Å². The molecule has 0 fully saturated rings. The van der Waals surface area contributed by atoms with Crippen LogP contribution in [0.15, 0.2) is 41.4 Å². The lowest BCUT2D eigenvalue weighted by Crippen LogP contribution is -2.33. The summed E-state index contributed by atoms with van der Waals surface area (Å²) < 4.78 is 23.5. The molecule has 0 aliphatic heterocycles. The number of hydrazine groups is 1. The lowest BCUT2D eigenvalue weighted by atomic mass is 10.2. The minimum absolute atomic E-state index is 0.223. The first-order chi connectivity index (χ1) is 8.06. The zero-order valence-electron chi connectivity index (χ0n) is 9.48. The van der Waals surface area contributed by atoms with E-state index in [1.807, 2.05) is 6.92 Å². The lowest BCUT2D eigenvalue weighted by Gasteiger charge is -2.06. The fourth-order valence-electron chi connectivity index (χ4n) is 1.09. The van der Waals surface area contributed by atoms with Crippen LogP contribution in [0.4, 0.5) is 0 Å². The predicted octanol–water partition coefficient (Wildman–Crippen LogP) is 1.92. The average Bonchev–Trinajstić information content (AvgIpc) is 2.29. The summed E-state index contributed by atoms with van der Waals surface area (Å²) in [7, 11) is -3.51. The van der Waals surface area contributed by atoms with Crippen molar-refractivity contribution in [3.63, 3.8) is 0 Å². The second-order valence-corrected chi connectivity index (χ2v) is 5.50. The average molecular weight is 275 g/mol. The topological polar surface area (TPSA) is 58.2 Å². The standard InChI is InChI=1S/C11H15ClN2O2S/c1-10-4-6-11(7-5-10)17(15,16)14-13-9-3-2-8-12/h3-7,9,13-14H,2,8H2,1H3. The van der Waals surface area contributed by atoms with Crippen molar-refractivity contribution in [3.05, 3.63) is 42.1 Å². The Hall–Kier alpha value is -1.04. The first kappa shape index (κ1) is 14.0. The molecule has 0 heterocycles. The number of hydrogen-bond acceptors (Lipinski definition) is 3. The fraction of sp³-hybridized carbons (Fsp3) is 0.273. The normalized spacial score (nSPS) is 11.9.